The molecule has 2 rings (SSSR count). The number of nitrogen functional groups attached to an aromatic ring is 1. The van der Waals surface area contributed by atoms with Gasteiger partial charge in [0.2, 0.25) is 0 Å². The van der Waals surface area contributed by atoms with Gasteiger partial charge in [0.25, 0.3) is 0 Å². The predicted octanol–water partition coefficient (Wildman–Crippen LogP) is -0.0382. The first-order valence-electron chi connectivity index (χ1n) is 2.86. The average Bonchev–Trinajstić information content (AvgIpc) is 2.31. The molecule has 6 heteroatoms. The largest absolute Gasteiger partial charge is 0.382 e. The van der Waals surface area contributed by atoms with Crippen LogP contribution < -0.4 is 10.6 Å². The highest BCUT2D eigenvalue weighted by Crippen LogP contribution is 2.13. The fourth-order valence-corrected chi connectivity index (χ4v) is 1.48. The Hall–Kier alpha value is -1.43. The second-order valence-corrected chi connectivity index (χ2v) is 2.92. The molecule has 3 N–H and O–H groups in total. The summed E-state index contributed by atoms with van der Waals surface area (Å²) in [5, 5.41) is 0. The maximum atomic E-state index is 10.8. The van der Waals surface area contributed by atoms with E-state index in [2.05, 4.69) is 15.0 Å². The van der Waals surface area contributed by atoms with Crippen LogP contribution in [-0.2, 0) is 0 Å². The first-order chi connectivity index (χ1) is 5.27. The highest BCUT2D eigenvalue weighted by molar-refractivity contribution is 7.16. The van der Waals surface area contributed by atoms with Crippen LogP contribution in [0, 0.1) is 0 Å². The average molecular weight is 168 g/mol. The zero-order chi connectivity index (χ0) is 7.84. The minimum atomic E-state index is -0.160. The molecule has 2 aromatic rings. The molecule has 0 saturated carbocycles. The van der Waals surface area contributed by atoms with Gasteiger partial charge in [0, 0.05) is 0 Å². The van der Waals surface area contributed by atoms with Gasteiger partial charge in [0.15, 0.2) is 5.82 Å². The molecular weight excluding hydrogens is 164 g/mol. The van der Waals surface area contributed by atoms with Gasteiger partial charge in [0.1, 0.15) is 16.7 Å². The number of thiazole rings is 1. The van der Waals surface area contributed by atoms with Crippen molar-refractivity contribution in [2.24, 2.45) is 0 Å². The summed E-state index contributed by atoms with van der Waals surface area (Å²) >= 11 is 1.02. The van der Waals surface area contributed by atoms with Crippen LogP contribution in [0.2, 0.25) is 0 Å². The van der Waals surface area contributed by atoms with Gasteiger partial charge >= 0.3 is 4.87 Å². The van der Waals surface area contributed by atoms with Gasteiger partial charge in [0.05, 0.1) is 0 Å². The number of nitrogens with one attached hydrogen (secondary N) is 1. The van der Waals surface area contributed by atoms with E-state index in [1.807, 2.05) is 0 Å². The first-order valence-corrected chi connectivity index (χ1v) is 3.68. The van der Waals surface area contributed by atoms with Crippen molar-refractivity contribution in [3.63, 3.8) is 0 Å². The van der Waals surface area contributed by atoms with Gasteiger partial charge in [-0.25, -0.2) is 9.97 Å². The number of aromatic amines is 1. The summed E-state index contributed by atoms with van der Waals surface area (Å²) in [4.78, 5) is 21.3. The third kappa shape index (κ3) is 0.874. The Morgan fingerprint density at radius 1 is 1.55 bits per heavy atom. The number of hydrogen-bond acceptors (Lipinski definition) is 5. The predicted molar refractivity (Wildman–Crippen MR) is 42.4 cm³/mol. The van der Waals surface area contributed by atoms with E-state index in [-0.39, 0.29) is 4.87 Å². The fourth-order valence-electron chi connectivity index (χ4n) is 0.792. The summed E-state index contributed by atoms with van der Waals surface area (Å²) in [5.41, 5.74) is 5.99. The van der Waals surface area contributed by atoms with Crippen LogP contribution >= 0.6 is 11.3 Å². The van der Waals surface area contributed by atoms with E-state index in [9.17, 15) is 4.79 Å². The number of rotatable bonds is 0. The lowest BCUT2D eigenvalue weighted by molar-refractivity contribution is 1.22. The molecule has 0 spiro atoms. The van der Waals surface area contributed by atoms with Crippen molar-refractivity contribution in [2.45, 2.75) is 0 Å². The van der Waals surface area contributed by atoms with Crippen LogP contribution in [0.15, 0.2) is 11.1 Å². The van der Waals surface area contributed by atoms with Crippen LogP contribution in [0.5, 0.6) is 0 Å². The van der Waals surface area contributed by atoms with E-state index in [1.165, 1.54) is 6.33 Å². The lowest BCUT2D eigenvalue weighted by Crippen LogP contribution is -1.94. The minimum Gasteiger partial charge on any atom is -0.382 e. The molecule has 2 heterocycles. The number of hydrogen-bond donors (Lipinski definition) is 2. The molecule has 0 atom stereocenters. The maximum absolute atomic E-state index is 10.8. The van der Waals surface area contributed by atoms with Gasteiger partial charge in [-0.15, -0.1) is 0 Å². The lowest BCUT2D eigenvalue weighted by atomic mass is 10.5. The molecule has 0 saturated heterocycles. The molecule has 0 radical (unpaired) electrons. The molecule has 0 amide bonds. The van der Waals surface area contributed by atoms with Crippen molar-refractivity contribution in [2.75, 3.05) is 5.73 Å². The lowest BCUT2D eigenvalue weighted by Gasteiger charge is -1.89. The Morgan fingerprint density at radius 3 is 3.09 bits per heavy atom. The van der Waals surface area contributed by atoms with E-state index >= 15 is 0 Å². The van der Waals surface area contributed by atoms with E-state index < -0.39 is 0 Å². The van der Waals surface area contributed by atoms with Crippen LogP contribution in [0.1, 0.15) is 0 Å². The van der Waals surface area contributed by atoms with Crippen molar-refractivity contribution in [1.29, 1.82) is 0 Å². The quantitative estimate of drug-likeness (QED) is 0.578. The van der Waals surface area contributed by atoms with Crippen molar-refractivity contribution in [1.82, 2.24) is 15.0 Å². The van der Waals surface area contributed by atoms with Crippen molar-refractivity contribution in [3.8, 4) is 0 Å². The van der Waals surface area contributed by atoms with Crippen molar-refractivity contribution >= 4 is 27.5 Å². The standard InChI is InChI=1S/C5H4N4OS/c6-3-2-4(8-1-7-3)11-5(10)9-2/h1H,(H,9,10)(H2,6,7,8). The molecular formula is C5H4N4OS. The van der Waals surface area contributed by atoms with E-state index in [0.717, 1.165) is 11.3 Å². The van der Waals surface area contributed by atoms with E-state index in [4.69, 9.17) is 5.73 Å². The Balaban J connectivity index is 3.01. The summed E-state index contributed by atoms with van der Waals surface area (Å²) in [6.07, 6.45) is 1.33. The molecule has 0 aliphatic heterocycles. The second-order valence-electron chi connectivity index (χ2n) is 1.95. The zero-order valence-electron chi connectivity index (χ0n) is 5.37. The molecule has 0 bridgehead atoms. The zero-order valence-corrected chi connectivity index (χ0v) is 6.18. The Morgan fingerprint density at radius 2 is 2.36 bits per heavy atom. The van der Waals surface area contributed by atoms with Gasteiger partial charge in [-0.3, -0.25) is 4.79 Å². The topological polar surface area (TPSA) is 84.7 Å². The minimum absolute atomic E-state index is 0.160. The Labute approximate surface area is 64.9 Å². The molecule has 0 aromatic carbocycles. The molecule has 0 unspecified atom stereocenters. The number of H-pyrrole nitrogens is 1. The maximum Gasteiger partial charge on any atom is 0.307 e. The SMILES string of the molecule is Nc1ncnc2sc(=O)[nH]c12. The third-order valence-corrected chi connectivity index (χ3v) is 2.05. The molecule has 56 valence electrons. The number of fused-ring (bicyclic) bond motifs is 1. The highest BCUT2D eigenvalue weighted by Gasteiger charge is 2.02. The van der Waals surface area contributed by atoms with Crippen LogP contribution in [-0.4, -0.2) is 15.0 Å². The summed E-state index contributed by atoms with van der Waals surface area (Å²) in [5.74, 6) is 0.313. The molecule has 11 heavy (non-hydrogen) atoms. The van der Waals surface area contributed by atoms with Crippen molar-refractivity contribution < 1.29 is 0 Å². The van der Waals surface area contributed by atoms with Crippen LogP contribution in [0.3, 0.4) is 0 Å². The number of anilines is 1. The smallest absolute Gasteiger partial charge is 0.307 e. The molecule has 2 aromatic heterocycles. The van der Waals surface area contributed by atoms with Gasteiger partial charge in [-0.2, -0.15) is 0 Å². The molecule has 0 fully saturated rings. The number of aromatic nitrogens is 3. The Kier molecular flexibility index (Phi) is 1.16. The number of nitrogens with zero attached hydrogens (tertiary/aromatic N) is 2. The highest BCUT2D eigenvalue weighted by atomic mass is 32.1. The van der Waals surface area contributed by atoms with Gasteiger partial charge < -0.3 is 10.7 Å². The summed E-state index contributed by atoms with van der Waals surface area (Å²) < 4.78 is 0. The summed E-state index contributed by atoms with van der Waals surface area (Å²) in [7, 11) is 0. The van der Waals surface area contributed by atoms with E-state index in [0.29, 0.717) is 16.2 Å². The third-order valence-electron chi connectivity index (χ3n) is 1.26. The van der Waals surface area contributed by atoms with Crippen LogP contribution in [0.4, 0.5) is 5.82 Å². The monoisotopic (exact) mass is 168 g/mol. The molecule has 0 aliphatic carbocycles. The van der Waals surface area contributed by atoms with Gasteiger partial charge in [-0.1, -0.05) is 11.3 Å². The van der Waals surface area contributed by atoms with Crippen LogP contribution in [0.25, 0.3) is 10.3 Å². The molecule has 5 nitrogen and oxygen atoms in total. The van der Waals surface area contributed by atoms with E-state index in [1.54, 1.807) is 0 Å². The summed E-state index contributed by atoms with van der Waals surface area (Å²) in [6.45, 7) is 0. The van der Waals surface area contributed by atoms with Gasteiger partial charge in [-0.05, 0) is 0 Å². The van der Waals surface area contributed by atoms with Crippen molar-refractivity contribution in [3.05, 3.63) is 16.0 Å². The summed E-state index contributed by atoms with van der Waals surface area (Å²) in [6, 6.07) is 0. The number of nitrogens with two attached hydrogens (primary N) is 1. The molecule has 0 aliphatic rings. The fraction of sp³-hybridized carbons (Fsp3) is 0. The first kappa shape index (κ1) is 6.29. The normalized spacial score (nSPS) is 10.5. The Bertz CT molecular complexity index is 445. The second kappa shape index (κ2) is 2.03.